The van der Waals surface area contributed by atoms with Gasteiger partial charge >= 0.3 is 5.97 Å². The number of fused-ring (bicyclic) bond motifs is 1. The average Bonchev–Trinajstić information content (AvgIpc) is 3.06. The number of methoxy groups -OCH3 is 1. The summed E-state index contributed by atoms with van der Waals surface area (Å²) in [6, 6.07) is 7.53. The van der Waals surface area contributed by atoms with Crippen LogP contribution in [0.15, 0.2) is 28.7 Å². The van der Waals surface area contributed by atoms with Crippen molar-refractivity contribution in [1.82, 2.24) is 0 Å². The van der Waals surface area contributed by atoms with Gasteiger partial charge in [-0.3, -0.25) is 0 Å². The Morgan fingerprint density at radius 3 is 2.28 bits per heavy atom. The number of rotatable bonds is 3. The summed E-state index contributed by atoms with van der Waals surface area (Å²) in [6.07, 6.45) is 0. The summed E-state index contributed by atoms with van der Waals surface area (Å²) >= 11 is 0. The molecule has 4 heteroatoms. The van der Waals surface area contributed by atoms with Gasteiger partial charge < -0.3 is 13.9 Å². The van der Waals surface area contributed by atoms with Crippen molar-refractivity contribution in [2.24, 2.45) is 5.92 Å². The summed E-state index contributed by atoms with van der Waals surface area (Å²) < 4.78 is 16.0. The van der Waals surface area contributed by atoms with Crippen molar-refractivity contribution in [3.05, 3.63) is 46.7 Å². The summed E-state index contributed by atoms with van der Waals surface area (Å²) in [5.41, 5.74) is 3.91. The van der Waals surface area contributed by atoms with Crippen LogP contribution in [0.2, 0.25) is 0 Å². The van der Waals surface area contributed by atoms with Gasteiger partial charge in [-0.1, -0.05) is 40.7 Å². The molecule has 1 aliphatic carbocycles. The minimum atomic E-state index is -0.516. The molecular formula is C21H26O4. The van der Waals surface area contributed by atoms with E-state index in [1.54, 1.807) is 12.1 Å². The maximum atomic E-state index is 11.5. The molecule has 3 rings (SSSR count). The standard InChI is InChI=1S/C21H26O4/c1-12-10-14-15(21(5,6)13(2)20(14,3)4)11-17(12)25-18-9-8-16(24-18)19(22)23-7/h8-11,13H,1-7H3. The van der Waals surface area contributed by atoms with Crippen molar-refractivity contribution in [2.45, 2.75) is 52.4 Å². The lowest BCUT2D eigenvalue weighted by molar-refractivity contribution is 0.0560. The fraction of sp³-hybridized carbons (Fsp3) is 0.476. The predicted molar refractivity (Wildman–Crippen MR) is 96.5 cm³/mol. The number of aryl methyl sites for hydroxylation is 1. The molecule has 0 N–H and O–H groups in total. The van der Waals surface area contributed by atoms with Crippen LogP contribution in [-0.2, 0) is 15.6 Å². The van der Waals surface area contributed by atoms with Gasteiger partial charge in [0.2, 0.25) is 5.76 Å². The van der Waals surface area contributed by atoms with Crippen LogP contribution in [0.4, 0.5) is 0 Å². The van der Waals surface area contributed by atoms with Gasteiger partial charge in [0.15, 0.2) is 0 Å². The van der Waals surface area contributed by atoms with Gasteiger partial charge in [0.25, 0.3) is 5.95 Å². The van der Waals surface area contributed by atoms with E-state index in [1.165, 1.54) is 18.2 Å². The Balaban J connectivity index is 1.99. The van der Waals surface area contributed by atoms with Crippen molar-refractivity contribution in [1.29, 1.82) is 0 Å². The molecule has 0 fully saturated rings. The lowest BCUT2D eigenvalue weighted by Gasteiger charge is -2.32. The molecule has 0 saturated carbocycles. The molecule has 1 aliphatic rings. The second-order valence-electron chi connectivity index (χ2n) is 8.04. The van der Waals surface area contributed by atoms with Crippen molar-refractivity contribution in [3.63, 3.8) is 0 Å². The van der Waals surface area contributed by atoms with E-state index in [1.807, 2.05) is 6.92 Å². The summed E-state index contributed by atoms with van der Waals surface area (Å²) in [5, 5.41) is 0. The number of ether oxygens (including phenoxy) is 2. The Labute approximate surface area is 149 Å². The second-order valence-corrected chi connectivity index (χ2v) is 8.04. The number of benzene rings is 1. The van der Waals surface area contributed by atoms with Gasteiger partial charge in [0.05, 0.1) is 7.11 Å². The maximum absolute atomic E-state index is 11.5. The van der Waals surface area contributed by atoms with Crippen LogP contribution in [0.25, 0.3) is 0 Å². The molecule has 1 heterocycles. The molecule has 0 bridgehead atoms. The summed E-state index contributed by atoms with van der Waals surface area (Å²) in [6.45, 7) is 13.5. The molecule has 1 aromatic heterocycles. The third-order valence-corrected chi connectivity index (χ3v) is 6.05. The van der Waals surface area contributed by atoms with Crippen molar-refractivity contribution in [2.75, 3.05) is 7.11 Å². The van der Waals surface area contributed by atoms with Crippen LogP contribution in [0.5, 0.6) is 11.7 Å². The number of carbonyl (C=O) groups is 1. The fourth-order valence-corrected chi connectivity index (χ4v) is 3.93. The number of esters is 1. The van der Waals surface area contributed by atoms with Crippen molar-refractivity contribution < 1.29 is 18.7 Å². The normalized spacial score (nSPS) is 20.2. The van der Waals surface area contributed by atoms with Crippen LogP contribution in [-0.4, -0.2) is 13.1 Å². The highest BCUT2D eigenvalue weighted by Crippen LogP contribution is 2.54. The third-order valence-electron chi connectivity index (χ3n) is 6.05. The Morgan fingerprint density at radius 2 is 1.68 bits per heavy atom. The predicted octanol–water partition coefficient (Wildman–Crippen LogP) is 5.37. The molecule has 0 saturated heterocycles. The highest BCUT2D eigenvalue weighted by atomic mass is 16.6. The quantitative estimate of drug-likeness (QED) is 0.703. The summed E-state index contributed by atoms with van der Waals surface area (Å²) in [7, 11) is 1.32. The molecule has 1 aromatic carbocycles. The SMILES string of the molecule is COC(=O)c1ccc(Oc2cc3c(cc2C)C(C)(C)C(C)C3(C)C)o1. The van der Waals surface area contributed by atoms with E-state index in [0.29, 0.717) is 5.92 Å². The van der Waals surface area contributed by atoms with E-state index in [2.05, 4.69) is 51.5 Å². The molecular weight excluding hydrogens is 316 g/mol. The lowest BCUT2D eigenvalue weighted by Crippen LogP contribution is -2.30. The number of furan rings is 1. The topological polar surface area (TPSA) is 48.7 Å². The first-order valence-electron chi connectivity index (χ1n) is 8.60. The van der Waals surface area contributed by atoms with E-state index in [0.717, 1.165) is 11.3 Å². The Kier molecular flexibility index (Phi) is 3.98. The number of hydrogen-bond donors (Lipinski definition) is 0. The largest absolute Gasteiger partial charge is 0.463 e. The van der Waals surface area contributed by atoms with Crippen LogP contribution >= 0.6 is 0 Å². The van der Waals surface area contributed by atoms with Gasteiger partial charge in [0.1, 0.15) is 5.75 Å². The van der Waals surface area contributed by atoms with E-state index in [4.69, 9.17) is 9.15 Å². The minimum absolute atomic E-state index is 0.0605. The molecule has 0 radical (unpaired) electrons. The van der Waals surface area contributed by atoms with E-state index < -0.39 is 5.97 Å². The minimum Gasteiger partial charge on any atom is -0.463 e. The van der Waals surface area contributed by atoms with E-state index in [9.17, 15) is 4.79 Å². The zero-order chi connectivity index (χ0) is 18.6. The van der Waals surface area contributed by atoms with Gasteiger partial charge in [-0.15, -0.1) is 0 Å². The van der Waals surface area contributed by atoms with Crippen LogP contribution in [0.1, 0.15) is 61.9 Å². The van der Waals surface area contributed by atoms with Crippen LogP contribution in [0.3, 0.4) is 0 Å². The zero-order valence-electron chi connectivity index (χ0n) is 16.0. The smallest absolute Gasteiger partial charge is 0.374 e. The molecule has 4 nitrogen and oxygen atoms in total. The highest BCUT2D eigenvalue weighted by Gasteiger charge is 2.48. The maximum Gasteiger partial charge on any atom is 0.374 e. The van der Waals surface area contributed by atoms with E-state index in [-0.39, 0.29) is 22.5 Å². The first-order chi connectivity index (χ1) is 11.6. The van der Waals surface area contributed by atoms with Crippen LogP contribution in [0, 0.1) is 12.8 Å². The fourth-order valence-electron chi connectivity index (χ4n) is 3.93. The first kappa shape index (κ1) is 17.6. The Bertz CT molecular complexity index is 826. The molecule has 0 amide bonds. The van der Waals surface area contributed by atoms with Crippen LogP contribution < -0.4 is 4.74 Å². The molecule has 2 aromatic rings. The molecule has 25 heavy (non-hydrogen) atoms. The van der Waals surface area contributed by atoms with Gasteiger partial charge in [-0.2, -0.15) is 0 Å². The number of hydrogen-bond acceptors (Lipinski definition) is 4. The number of carbonyl (C=O) groups excluding carboxylic acids is 1. The first-order valence-corrected chi connectivity index (χ1v) is 8.60. The molecule has 0 spiro atoms. The van der Waals surface area contributed by atoms with Crippen molar-refractivity contribution >= 4 is 5.97 Å². The lowest BCUT2D eigenvalue weighted by atomic mass is 9.71. The second kappa shape index (κ2) is 5.65. The third kappa shape index (κ3) is 2.64. The van der Waals surface area contributed by atoms with E-state index >= 15 is 0 Å². The van der Waals surface area contributed by atoms with Crippen molar-refractivity contribution in [3.8, 4) is 11.7 Å². The summed E-state index contributed by atoms with van der Waals surface area (Å²) in [5.74, 6) is 1.16. The molecule has 134 valence electrons. The molecule has 0 aliphatic heterocycles. The Morgan fingerprint density at radius 1 is 1.08 bits per heavy atom. The van der Waals surface area contributed by atoms with Gasteiger partial charge in [-0.05, 0) is 52.5 Å². The summed E-state index contributed by atoms with van der Waals surface area (Å²) in [4.78, 5) is 11.5. The average molecular weight is 342 g/mol. The van der Waals surface area contributed by atoms with Gasteiger partial charge in [0, 0.05) is 6.07 Å². The molecule has 1 atom stereocenters. The zero-order valence-corrected chi connectivity index (χ0v) is 16.0. The van der Waals surface area contributed by atoms with Gasteiger partial charge in [-0.25, -0.2) is 4.79 Å². The monoisotopic (exact) mass is 342 g/mol. The molecule has 1 unspecified atom stereocenters. The highest BCUT2D eigenvalue weighted by molar-refractivity contribution is 5.86. The Hall–Kier alpha value is -2.23.